The molecule has 0 radical (unpaired) electrons. The van der Waals surface area contributed by atoms with Crippen molar-refractivity contribution >= 4 is 5.97 Å². The summed E-state index contributed by atoms with van der Waals surface area (Å²) in [6.45, 7) is 3.54. The Morgan fingerprint density at radius 2 is 1.69 bits per heavy atom. The molecule has 0 saturated carbocycles. The second-order valence-corrected chi connectivity index (χ2v) is 4.38. The van der Waals surface area contributed by atoms with Gasteiger partial charge in [0.15, 0.2) is 0 Å². The van der Waals surface area contributed by atoms with E-state index in [9.17, 15) is 9.90 Å². The number of aliphatic hydroxyl groups excluding tert-OH is 2. The molecule has 3 N–H and O–H groups in total. The van der Waals surface area contributed by atoms with Crippen LogP contribution in [0.3, 0.4) is 0 Å². The van der Waals surface area contributed by atoms with Gasteiger partial charge in [-0.25, -0.2) is 0 Å². The lowest BCUT2D eigenvalue weighted by molar-refractivity contribution is -0.149. The van der Waals surface area contributed by atoms with Crippen LogP contribution in [-0.4, -0.2) is 33.5 Å². The molecule has 0 bridgehead atoms. The van der Waals surface area contributed by atoms with E-state index in [0.717, 1.165) is 32.1 Å². The fraction of sp³-hybridized carbons (Fsp3) is 0.917. The molecule has 4 nitrogen and oxygen atoms in total. The van der Waals surface area contributed by atoms with Crippen molar-refractivity contribution in [2.45, 2.75) is 64.6 Å². The second-order valence-electron chi connectivity index (χ2n) is 4.38. The summed E-state index contributed by atoms with van der Waals surface area (Å²) < 4.78 is 0. The van der Waals surface area contributed by atoms with Gasteiger partial charge in [-0.1, -0.05) is 39.0 Å². The standard InChI is InChI=1S/C12H24O4/c1-3-4-5-6-7-8-10(12(15)16)11(14)9(2)13/h9-11,13-14H,3-8H2,1-2H3,(H,15,16). The number of hydrogen-bond acceptors (Lipinski definition) is 3. The topological polar surface area (TPSA) is 77.8 Å². The first kappa shape index (κ1) is 15.4. The molecule has 4 heteroatoms. The summed E-state index contributed by atoms with van der Waals surface area (Å²) in [4.78, 5) is 10.9. The van der Waals surface area contributed by atoms with Gasteiger partial charge in [-0.2, -0.15) is 0 Å². The summed E-state index contributed by atoms with van der Waals surface area (Å²) >= 11 is 0. The van der Waals surface area contributed by atoms with E-state index in [4.69, 9.17) is 10.2 Å². The van der Waals surface area contributed by atoms with Gasteiger partial charge in [0.2, 0.25) is 0 Å². The van der Waals surface area contributed by atoms with E-state index in [1.807, 2.05) is 0 Å². The molecular formula is C12H24O4. The largest absolute Gasteiger partial charge is 0.481 e. The van der Waals surface area contributed by atoms with E-state index in [2.05, 4.69) is 6.92 Å². The van der Waals surface area contributed by atoms with Crippen molar-refractivity contribution in [3.05, 3.63) is 0 Å². The highest BCUT2D eigenvalue weighted by molar-refractivity contribution is 5.70. The van der Waals surface area contributed by atoms with E-state index in [0.29, 0.717) is 6.42 Å². The molecule has 0 aliphatic rings. The Balaban J connectivity index is 3.91. The normalized spacial score (nSPS) is 16.8. The Hall–Kier alpha value is -0.610. The minimum Gasteiger partial charge on any atom is -0.481 e. The minimum absolute atomic E-state index is 0.436. The fourth-order valence-electron chi connectivity index (χ4n) is 1.74. The number of carbonyl (C=O) groups is 1. The Kier molecular flexibility index (Phi) is 8.21. The van der Waals surface area contributed by atoms with Crippen LogP contribution in [0.15, 0.2) is 0 Å². The first-order chi connectivity index (χ1) is 7.50. The molecule has 0 aliphatic heterocycles. The van der Waals surface area contributed by atoms with E-state index in [1.54, 1.807) is 0 Å². The van der Waals surface area contributed by atoms with Crippen molar-refractivity contribution < 1.29 is 20.1 Å². The third-order valence-electron chi connectivity index (χ3n) is 2.84. The average molecular weight is 232 g/mol. The van der Waals surface area contributed by atoms with Crippen LogP contribution in [0.1, 0.15) is 52.4 Å². The van der Waals surface area contributed by atoms with Gasteiger partial charge < -0.3 is 15.3 Å². The molecule has 0 saturated heterocycles. The van der Waals surface area contributed by atoms with Crippen molar-refractivity contribution in [3.63, 3.8) is 0 Å². The molecule has 0 amide bonds. The lowest BCUT2D eigenvalue weighted by Crippen LogP contribution is -2.36. The second kappa shape index (κ2) is 8.53. The first-order valence-corrected chi connectivity index (χ1v) is 6.09. The molecule has 0 fully saturated rings. The van der Waals surface area contributed by atoms with Gasteiger partial charge in [0.1, 0.15) is 0 Å². The van der Waals surface area contributed by atoms with Gasteiger partial charge in [-0.05, 0) is 13.3 Å². The van der Waals surface area contributed by atoms with Crippen LogP contribution >= 0.6 is 0 Å². The molecule has 3 atom stereocenters. The third-order valence-corrected chi connectivity index (χ3v) is 2.84. The molecule has 96 valence electrons. The van der Waals surface area contributed by atoms with Crippen molar-refractivity contribution in [2.24, 2.45) is 5.92 Å². The number of rotatable bonds is 9. The molecule has 0 aromatic carbocycles. The maximum Gasteiger partial charge on any atom is 0.309 e. The minimum atomic E-state index is -1.16. The predicted molar refractivity (Wildman–Crippen MR) is 62.2 cm³/mol. The summed E-state index contributed by atoms with van der Waals surface area (Å²) in [6, 6.07) is 0. The maximum absolute atomic E-state index is 10.9. The van der Waals surface area contributed by atoms with Crippen LogP contribution in [0, 0.1) is 5.92 Å². The van der Waals surface area contributed by atoms with Crippen LogP contribution in [0.5, 0.6) is 0 Å². The predicted octanol–water partition coefficient (Wildman–Crippen LogP) is 1.79. The van der Waals surface area contributed by atoms with Crippen LogP contribution in [0.25, 0.3) is 0 Å². The van der Waals surface area contributed by atoms with Crippen LogP contribution in [0.2, 0.25) is 0 Å². The number of aliphatic hydroxyl groups is 2. The van der Waals surface area contributed by atoms with Gasteiger partial charge >= 0.3 is 5.97 Å². The molecule has 0 heterocycles. The maximum atomic E-state index is 10.9. The molecule has 3 unspecified atom stereocenters. The Bertz CT molecular complexity index is 191. The number of unbranched alkanes of at least 4 members (excludes halogenated alkanes) is 4. The van der Waals surface area contributed by atoms with Crippen molar-refractivity contribution in [1.82, 2.24) is 0 Å². The van der Waals surface area contributed by atoms with E-state index >= 15 is 0 Å². The average Bonchev–Trinajstić information content (AvgIpc) is 2.21. The molecule has 0 spiro atoms. The van der Waals surface area contributed by atoms with Crippen LogP contribution < -0.4 is 0 Å². The van der Waals surface area contributed by atoms with Crippen LogP contribution in [0.4, 0.5) is 0 Å². The van der Waals surface area contributed by atoms with E-state index in [1.165, 1.54) is 6.92 Å². The van der Waals surface area contributed by atoms with Gasteiger partial charge in [0, 0.05) is 0 Å². The summed E-state index contributed by atoms with van der Waals surface area (Å²) in [5.74, 6) is -1.87. The molecular weight excluding hydrogens is 208 g/mol. The van der Waals surface area contributed by atoms with Gasteiger partial charge in [0.05, 0.1) is 18.1 Å². The number of aliphatic carboxylic acids is 1. The quantitative estimate of drug-likeness (QED) is 0.530. The van der Waals surface area contributed by atoms with Crippen molar-refractivity contribution in [3.8, 4) is 0 Å². The number of carboxylic acid groups (broad SMARTS) is 1. The summed E-state index contributed by atoms with van der Waals surface area (Å²) in [5.41, 5.74) is 0. The molecule has 0 aromatic heterocycles. The highest BCUT2D eigenvalue weighted by Crippen LogP contribution is 2.17. The lowest BCUT2D eigenvalue weighted by atomic mass is 9.92. The summed E-state index contributed by atoms with van der Waals surface area (Å²) in [5, 5.41) is 27.6. The third kappa shape index (κ3) is 6.08. The number of hydrogen-bond donors (Lipinski definition) is 3. The molecule has 16 heavy (non-hydrogen) atoms. The number of carboxylic acids is 1. The smallest absolute Gasteiger partial charge is 0.309 e. The lowest BCUT2D eigenvalue weighted by Gasteiger charge is -2.21. The fourth-order valence-corrected chi connectivity index (χ4v) is 1.74. The van der Waals surface area contributed by atoms with Crippen molar-refractivity contribution in [2.75, 3.05) is 0 Å². The van der Waals surface area contributed by atoms with Gasteiger partial charge in [-0.15, -0.1) is 0 Å². The summed E-state index contributed by atoms with van der Waals surface area (Å²) in [7, 11) is 0. The van der Waals surface area contributed by atoms with Gasteiger partial charge in [-0.3, -0.25) is 4.79 Å². The monoisotopic (exact) mass is 232 g/mol. The highest BCUT2D eigenvalue weighted by Gasteiger charge is 2.29. The molecule has 0 aromatic rings. The van der Waals surface area contributed by atoms with Gasteiger partial charge in [0.25, 0.3) is 0 Å². The Morgan fingerprint density at radius 3 is 2.12 bits per heavy atom. The molecule has 0 rings (SSSR count). The first-order valence-electron chi connectivity index (χ1n) is 6.09. The zero-order chi connectivity index (χ0) is 12.6. The Morgan fingerprint density at radius 1 is 1.12 bits per heavy atom. The Labute approximate surface area is 97.3 Å². The highest BCUT2D eigenvalue weighted by atomic mass is 16.4. The van der Waals surface area contributed by atoms with Crippen LogP contribution in [-0.2, 0) is 4.79 Å². The van der Waals surface area contributed by atoms with E-state index < -0.39 is 24.1 Å². The zero-order valence-electron chi connectivity index (χ0n) is 10.2. The summed E-state index contributed by atoms with van der Waals surface area (Å²) in [6.07, 6.45) is 3.49. The zero-order valence-corrected chi connectivity index (χ0v) is 10.2. The van der Waals surface area contributed by atoms with Crippen molar-refractivity contribution in [1.29, 1.82) is 0 Å². The molecule has 0 aliphatic carbocycles. The SMILES string of the molecule is CCCCCCCC(C(=O)O)C(O)C(C)O. The van der Waals surface area contributed by atoms with E-state index in [-0.39, 0.29) is 0 Å².